The molecule has 0 atom stereocenters. The summed E-state index contributed by atoms with van der Waals surface area (Å²) in [5.41, 5.74) is 4.61. The van der Waals surface area contributed by atoms with E-state index in [1.54, 1.807) is 11.6 Å². The van der Waals surface area contributed by atoms with E-state index < -0.39 is 35.0 Å². The summed E-state index contributed by atoms with van der Waals surface area (Å²) in [5, 5.41) is 10.3. The van der Waals surface area contributed by atoms with Crippen LogP contribution in [-0.2, 0) is 23.1 Å². The first-order valence-electron chi connectivity index (χ1n) is 7.02. The van der Waals surface area contributed by atoms with E-state index in [1.165, 1.54) is 0 Å². The molecular formula is C14H14F3N5O2S. The van der Waals surface area contributed by atoms with Crippen molar-refractivity contribution in [2.45, 2.75) is 18.0 Å². The molecule has 0 spiro atoms. The number of halogens is 3. The number of hydrogen-bond acceptors (Lipinski definition) is 5. The van der Waals surface area contributed by atoms with Crippen molar-refractivity contribution in [1.82, 2.24) is 14.8 Å². The third kappa shape index (κ3) is 4.72. The number of nitrogens with zero attached hydrogens (tertiary/aromatic N) is 3. The van der Waals surface area contributed by atoms with Crippen LogP contribution in [0.15, 0.2) is 17.3 Å². The van der Waals surface area contributed by atoms with Crippen LogP contribution in [0.2, 0.25) is 0 Å². The van der Waals surface area contributed by atoms with Crippen LogP contribution in [-0.4, -0.2) is 32.3 Å². The molecular weight excluding hydrogens is 359 g/mol. The molecule has 1 heterocycles. The second kappa shape index (κ2) is 8.01. The number of benzene rings is 1. The summed E-state index contributed by atoms with van der Waals surface area (Å²) in [7, 11) is 1.66. The van der Waals surface area contributed by atoms with Gasteiger partial charge < -0.3 is 15.6 Å². The molecule has 1 aromatic heterocycles. The SMILES string of the molecule is Cn1c(CCC(N)=O)nnc1SCC(=O)Nc1ccc(F)c(F)c1F. The Morgan fingerprint density at radius 2 is 1.96 bits per heavy atom. The van der Waals surface area contributed by atoms with E-state index in [0.717, 1.165) is 23.9 Å². The largest absolute Gasteiger partial charge is 0.370 e. The Balaban J connectivity index is 1.94. The summed E-state index contributed by atoms with van der Waals surface area (Å²) < 4.78 is 41.1. The van der Waals surface area contributed by atoms with Gasteiger partial charge in [-0.1, -0.05) is 11.8 Å². The lowest BCUT2D eigenvalue weighted by Crippen LogP contribution is -2.16. The molecule has 11 heteroatoms. The number of aromatic nitrogens is 3. The zero-order valence-electron chi connectivity index (χ0n) is 13.1. The molecule has 2 amide bonds. The maximum Gasteiger partial charge on any atom is 0.234 e. The average molecular weight is 373 g/mol. The highest BCUT2D eigenvalue weighted by Gasteiger charge is 2.16. The highest BCUT2D eigenvalue weighted by Crippen LogP contribution is 2.21. The maximum absolute atomic E-state index is 13.5. The quantitative estimate of drug-likeness (QED) is 0.564. The summed E-state index contributed by atoms with van der Waals surface area (Å²) in [5.74, 6) is -5.19. The molecule has 7 nitrogen and oxygen atoms in total. The predicted molar refractivity (Wildman–Crippen MR) is 84.2 cm³/mol. The van der Waals surface area contributed by atoms with Crippen molar-refractivity contribution in [3.05, 3.63) is 35.4 Å². The van der Waals surface area contributed by atoms with Crippen LogP contribution in [0.1, 0.15) is 12.2 Å². The van der Waals surface area contributed by atoms with Crippen molar-refractivity contribution in [3.63, 3.8) is 0 Å². The molecule has 2 aromatic rings. The standard InChI is InChI=1S/C14H14F3N5O2S/c1-22-10(5-4-9(18)23)20-21-14(22)25-6-11(24)19-8-3-2-7(15)12(16)13(8)17/h2-3H,4-6H2,1H3,(H2,18,23)(H,19,24). The number of rotatable bonds is 7. The second-order valence-electron chi connectivity index (χ2n) is 4.98. The van der Waals surface area contributed by atoms with E-state index in [9.17, 15) is 22.8 Å². The topological polar surface area (TPSA) is 103 Å². The van der Waals surface area contributed by atoms with Crippen molar-refractivity contribution in [2.75, 3.05) is 11.1 Å². The number of amides is 2. The molecule has 1 aromatic carbocycles. The van der Waals surface area contributed by atoms with Crippen LogP contribution in [0.5, 0.6) is 0 Å². The van der Waals surface area contributed by atoms with Crippen molar-refractivity contribution < 1.29 is 22.8 Å². The van der Waals surface area contributed by atoms with Gasteiger partial charge in [-0.25, -0.2) is 13.2 Å². The summed E-state index contributed by atoms with van der Waals surface area (Å²) >= 11 is 1.01. The Morgan fingerprint density at radius 3 is 2.64 bits per heavy atom. The molecule has 0 unspecified atom stereocenters. The number of carbonyl (C=O) groups is 2. The Hall–Kier alpha value is -2.56. The lowest BCUT2D eigenvalue weighted by Gasteiger charge is -2.07. The average Bonchev–Trinajstić information content (AvgIpc) is 2.91. The minimum absolute atomic E-state index is 0.118. The van der Waals surface area contributed by atoms with Gasteiger partial charge in [0.05, 0.1) is 11.4 Å². The normalized spacial score (nSPS) is 10.7. The molecule has 0 bridgehead atoms. The van der Waals surface area contributed by atoms with Gasteiger partial charge in [0, 0.05) is 19.9 Å². The molecule has 0 fully saturated rings. The maximum atomic E-state index is 13.5. The van der Waals surface area contributed by atoms with Crippen LogP contribution >= 0.6 is 11.8 Å². The molecule has 0 aliphatic rings. The molecule has 2 rings (SSSR count). The van der Waals surface area contributed by atoms with E-state index in [2.05, 4.69) is 15.5 Å². The summed E-state index contributed by atoms with van der Waals surface area (Å²) in [4.78, 5) is 22.6. The van der Waals surface area contributed by atoms with Crippen molar-refractivity contribution in [1.29, 1.82) is 0 Å². The second-order valence-corrected chi connectivity index (χ2v) is 5.93. The molecule has 134 valence electrons. The van der Waals surface area contributed by atoms with Gasteiger partial charge in [-0.05, 0) is 12.1 Å². The molecule has 0 saturated heterocycles. The first-order valence-corrected chi connectivity index (χ1v) is 8.01. The van der Waals surface area contributed by atoms with E-state index in [-0.39, 0.29) is 12.2 Å². The van der Waals surface area contributed by atoms with E-state index in [4.69, 9.17) is 5.73 Å². The monoisotopic (exact) mass is 373 g/mol. The minimum atomic E-state index is -1.65. The number of hydrogen-bond donors (Lipinski definition) is 2. The molecule has 0 aliphatic carbocycles. The number of thioether (sulfide) groups is 1. The van der Waals surface area contributed by atoms with Crippen molar-refractivity contribution >= 4 is 29.3 Å². The van der Waals surface area contributed by atoms with E-state index >= 15 is 0 Å². The van der Waals surface area contributed by atoms with Crippen LogP contribution < -0.4 is 11.1 Å². The van der Waals surface area contributed by atoms with Gasteiger partial charge in [0.1, 0.15) is 5.82 Å². The lowest BCUT2D eigenvalue weighted by molar-refractivity contribution is -0.118. The Morgan fingerprint density at radius 1 is 1.24 bits per heavy atom. The fraction of sp³-hybridized carbons (Fsp3) is 0.286. The van der Waals surface area contributed by atoms with Gasteiger partial charge in [0.15, 0.2) is 22.6 Å². The Labute approximate surface area is 144 Å². The van der Waals surface area contributed by atoms with Crippen molar-refractivity contribution in [3.8, 4) is 0 Å². The Bertz CT molecular complexity index is 812. The fourth-order valence-corrected chi connectivity index (χ4v) is 2.59. The predicted octanol–water partition coefficient (Wildman–Crippen LogP) is 1.38. The number of carbonyl (C=O) groups excluding carboxylic acids is 2. The van der Waals surface area contributed by atoms with Gasteiger partial charge >= 0.3 is 0 Å². The van der Waals surface area contributed by atoms with Gasteiger partial charge in [-0.2, -0.15) is 0 Å². The third-order valence-electron chi connectivity index (χ3n) is 3.16. The van der Waals surface area contributed by atoms with Crippen LogP contribution in [0.3, 0.4) is 0 Å². The minimum Gasteiger partial charge on any atom is -0.370 e. The van der Waals surface area contributed by atoms with Crippen LogP contribution in [0, 0.1) is 17.5 Å². The molecule has 0 saturated carbocycles. The summed E-state index contributed by atoms with van der Waals surface area (Å²) in [6.07, 6.45) is 0.429. The van der Waals surface area contributed by atoms with Gasteiger partial charge in [0.2, 0.25) is 11.8 Å². The molecule has 0 aliphatic heterocycles. The van der Waals surface area contributed by atoms with Crippen LogP contribution in [0.25, 0.3) is 0 Å². The lowest BCUT2D eigenvalue weighted by atomic mass is 10.3. The number of aryl methyl sites for hydroxylation is 1. The number of primary amides is 1. The van der Waals surface area contributed by atoms with Gasteiger partial charge in [-0.3, -0.25) is 9.59 Å². The summed E-state index contributed by atoms with van der Waals surface area (Å²) in [6, 6.07) is 1.65. The van der Waals surface area contributed by atoms with Crippen molar-refractivity contribution in [2.24, 2.45) is 12.8 Å². The first kappa shape index (κ1) is 18.8. The van der Waals surface area contributed by atoms with Gasteiger partial charge in [0.25, 0.3) is 0 Å². The number of nitrogens with one attached hydrogen (secondary N) is 1. The highest BCUT2D eigenvalue weighted by atomic mass is 32.2. The number of nitrogens with two attached hydrogens (primary N) is 1. The number of anilines is 1. The van der Waals surface area contributed by atoms with E-state index in [0.29, 0.717) is 17.4 Å². The zero-order valence-corrected chi connectivity index (χ0v) is 13.9. The molecule has 25 heavy (non-hydrogen) atoms. The van der Waals surface area contributed by atoms with E-state index in [1.807, 2.05) is 0 Å². The third-order valence-corrected chi connectivity index (χ3v) is 4.18. The van der Waals surface area contributed by atoms with Gasteiger partial charge in [-0.15, -0.1) is 10.2 Å². The molecule has 3 N–H and O–H groups in total. The first-order chi connectivity index (χ1) is 11.8. The zero-order chi connectivity index (χ0) is 18.6. The fourth-order valence-electron chi connectivity index (χ4n) is 1.86. The molecule has 0 radical (unpaired) electrons. The smallest absolute Gasteiger partial charge is 0.234 e. The summed E-state index contributed by atoms with van der Waals surface area (Å²) in [6.45, 7) is 0. The Kier molecular flexibility index (Phi) is 6.02. The van der Waals surface area contributed by atoms with Crippen LogP contribution in [0.4, 0.5) is 18.9 Å². The highest BCUT2D eigenvalue weighted by molar-refractivity contribution is 7.99.